The number of hydrogen-bond donors (Lipinski definition) is 1. The molecule has 0 aliphatic rings. The van der Waals surface area contributed by atoms with Crippen molar-refractivity contribution in [1.29, 1.82) is 0 Å². The zero-order valence-corrected chi connectivity index (χ0v) is 19.2. The maximum absolute atomic E-state index is 12.7. The first-order chi connectivity index (χ1) is 14.4. The Morgan fingerprint density at radius 1 is 1.13 bits per heavy atom. The van der Waals surface area contributed by atoms with E-state index in [1.807, 2.05) is 23.6 Å². The number of rotatable bonds is 10. The fraction of sp³-hybridized carbons (Fsp3) is 0.350. The van der Waals surface area contributed by atoms with E-state index >= 15 is 0 Å². The van der Waals surface area contributed by atoms with Crippen LogP contribution in [0.3, 0.4) is 0 Å². The van der Waals surface area contributed by atoms with Crippen LogP contribution < -0.4 is 4.72 Å². The molecule has 2 heterocycles. The highest BCUT2D eigenvalue weighted by Crippen LogP contribution is 2.23. The normalized spacial score (nSPS) is 12.8. The largest absolute Gasteiger partial charge is 0.305 e. The molecule has 0 aliphatic carbocycles. The third-order valence-electron chi connectivity index (χ3n) is 4.50. The van der Waals surface area contributed by atoms with Gasteiger partial charge in [0, 0.05) is 29.7 Å². The molecule has 0 saturated carbocycles. The Balaban J connectivity index is 1.63. The molecule has 0 bridgehead atoms. The Bertz CT molecular complexity index is 1060. The summed E-state index contributed by atoms with van der Waals surface area (Å²) in [5.74, 6) is 1.48. The van der Waals surface area contributed by atoms with Gasteiger partial charge >= 0.3 is 0 Å². The Morgan fingerprint density at radius 2 is 1.83 bits per heavy atom. The molecule has 2 aromatic heterocycles. The minimum absolute atomic E-state index is 0.159. The molecule has 0 unspecified atom stereocenters. The molecule has 10 heteroatoms. The van der Waals surface area contributed by atoms with E-state index < -0.39 is 16.1 Å². The van der Waals surface area contributed by atoms with E-state index in [1.165, 1.54) is 17.7 Å². The van der Waals surface area contributed by atoms with Crippen molar-refractivity contribution in [3.63, 3.8) is 0 Å². The lowest BCUT2D eigenvalue weighted by atomic mass is 10.2. The predicted molar refractivity (Wildman–Crippen MR) is 119 cm³/mol. The van der Waals surface area contributed by atoms with Crippen LogP contribution in [0.1, 0.15) is 37.7 Å². The third kappa shape index (κ3) is 5.81. The smallest absolute Gasteiger partial charge is 0.241 e. The van der Waals surface area contributed by atoms with Crippen molar-refractivity contribution in [2.45, 2.75) is 49.3 Å². The monoisotopic (exact) mass is 465 g/mol. The fourth-order valence-corrected chi connectivity index (χ4v) is 5.26. The molecule has 30 heavy (non-hydrogen) atoms. The number of benzene rings is 1. The molecular weight excluding hydrogens is 442 g/mol. The van der Waals surface area contributed by atoms with Crippen LogP contribution in [0.5, 0.6) is 0 Å². The first-order valence-corrected chi connectivity index (χ1v) is 12.5. The van der Waals surface area contributed by atoms with Gasteiger partial charge in [-0.05, 0) is 68.7 Å². The van der Waals surface area contributed by atoms with Gasteiger partial charge in [0.1, 0.15) is 0 Å². The molecule has 0 spiro atoms. The van der Waals surface area contributed by atoms with Gasteiger partial charge in [-0.15, -0.1) is 10.2 Å². The number of thioether (sulfide) groups is 1. The molecule has 3 aromatic rings. The van der Waals surface area contributed by atoms with Crippen LogP contribution in [-0.4, -0.2) is 33.9 Å². The van der Waals surface area contributed by atoms with E-state index in [2.05, 4.69) is 19.9 Å². The Kier molecular flexibility index (Phi) is 7.87. The van der Waals surface area contributed by atoms with Crippen molar-refractivity contribution in [1.82, 2.24) is 24.5 Å². The SMILES string of the molecule is CCn1c(SCCCc2ccncc2)nnc1[C@@H](C)NS(=O)(=O)c1ccc(Cl)cc1. The van der Waals surface area contributed by atoms with E-state index in [-0.39, 0.29) is 4.90 Å². The zero-order valence-electron chi connectivity index (χ0n) is 16.8. The minimum Gasteiger partial charge on any atom is -0.305 e. The highest BCUT2D eigenvalue weighted by molar-refractivity contribution is 7.99. The maximum Gasteiger partial charge on any atom is 0.241 e. The topological polar surface area (TPSA) is 89.8 Å². The summed E-state index contributed by atoms with van der Waals surface area (Å²) in [6.45, 7) is 4.41. The Labute approximate surface area is 186 Å². The molecule has 1 N–H and O–H groups in total. The second kappa shape index (κ2) is 10.4. The van der Waals surface area contributed by atoms with Crippen LogP contribution in [0.4, 0.5) is 0 Å². The summed E-state index contributed by atoms with van der Waals surface area (Å²) in [7, 11) is -3.69. The third-order valence-corrected chi connectivity index (χ3v) is 7.36. The van der Waals surface area contributed by atoms with E-state index in [1.54, 1.807) is 43.2 Å². The van der Waals surface area contributed by atoms with Gasteiger partial charge < -0.3 is 4.57 Å². The fourth-order valence-electron chi connectivity index (χ4n) is 2.98. The first kappa shape index (κ1) is 22.7. The average molecular weight is 466 g/mol. The molecule has 1 aromatic carbocycles. The molecule has 0 amide bonds. The van der Waals surface area contributed by atoms with E-state index in [0.29, 0.717) is 17.4 Å². The molecular formula is C20H24ClN5O2S2. The van der Waals surface area contributed by atoms with Crippen LogP contribution in [0.2, 0.25) is 5.02 Å². The van der Waals surface area contributed by atoms with Crippen LogP contribution in [-0.2, 0) is 23.0 Å². The summed E-state index contributed by atoms with van der Waals surface area (Å²) < 4.78 is 29.9. The number of hydrogen-bond acceptors (Lipinski definition) is 6. The number of aryl methyl sites for hydroxylation is 1. The maximum atomic E-state index is 12.7. The highest BCUT2D eigenvalue weighted by atomic mass is 35.5. The van der Waals surface area contributed by atoms with Crippen LogP contribution >= 0.6 is 23.4 Å². The molecule has 3 rings (SSSR count). The number of pyridine rings is 1. The van der Waals surface area contributed by atoms with Crippen molar-refractivity contribution >= 4 is 33.4 Å². The number of halogens is 1. The van der Waals surface area contributed by atoms with Crippen LogP contribution in [0.15, 0.2) is 58.8 Å². The summed E-state index contributed by atoms with van der Waals surface area (Å²) in [4.78, 5) is 4.19. The zero-order chi connectivity index (χ0) is 21.6. The summed E-state index contributed by atoms with van der Waals surface area (Å²) in [6, 6.07) is 9.58. The van der Waals surface area contributed by atoms with Crippen molar-refractivity contribution in [3.8, 4) is 0 Å². The van der Waals surface area contributed by atoms with E-state index in [4.69, 9.17) is 11.6 Å². The van der Waals surface area contributed by atoms with Crippen LogP contribution in [0, 0.1) is 0 Å². The van der Waals surface area contributed by atoms with Gasteiger partial charge in [-0.2, -0.15) is 0 Å². The van der Waals surface area contributed by atoms with Gasteiger partial charge in [-0.3, -0.25) is 4.98 Å². The molecule has 1 atom stereocenters. The van der Waals surface area contributed by atoms with E-state index in [0.717, 1.165) is 23.8 Å². The van der Waals surface area contributed by atoms with Crippen molar-refractivity contribution in [2.75, 3.05) is 5.75 Å². The Morgan fingerprint density at radius 3 is 2.50 bits per heavy atom. The average Bonchev–Trinajstić information content (AvgIpc) is 3.15. The summed E-state index contributed by atoms with van der Waals surface area (Å²) in [6.07, 6.45) is 5.57. The number of nitrogens with zero attached hydrogens (tertiary/aromatic N) is 4. The van der Waals surface area contributed by atoms with Crippen molar-refractivity contribution < 1.29 is 8.42 Å². The van der Waals surface area contributed by atoms with Gasteiger partial charge in [0.25, 0.3) is 0 Å². The van der Waals surface area contributed by atoms with Gasteiger partial charge in [-0.25, -0.2) is 13.1 Å². The van der Waals surface area contributed by atoms with Crippen molar-refractivity contribution in [3.05, 3.63) is 65.2 Å². The molecule has 0 fully saturated rings. The van der Waals surface area contributed by atoms with Gasteiger partial charge in [0.15, 0.2) is 11.0 Å². The summed E-state index contributed by atoms with van der Waals surface area (Å²) in [5.41, 5.74) is 1.26. The minimum atomic E-state index is -3.69. The summed E-state index contributed by atoms with van der Waals surface area (Å²) >= 11 is 7.48. The van der Waals surface area contributed by atoms with Crippen LogP contribution in [0.25, 0.3) is 0 Å². The molecule has 0 saturated heterocycles. The van der Waals surface area contributed by atoms with Crippen molar-refractivity contribution in [2.24, 2.45) is 0 Å². The molecule has 0 radical (unpaired) electrons. The summed E-state index contributed by atoms with van der Waals surface area (Å²) in [5, 5.41) is 9.81. The first-order valence-electron chi connectivity index (χ1n) is 9.63. The quantitative estimate of drug-likeness (QED) is 0.358. The number of nitrogens with one attached hydrogen (secondary N) is 1. The second-order valence-corrected chi connectivity index (χ2v) is 9.90. The second-order valence-electron chi connectivity index (χ2n) is 6.69. The lowest BCUT2D eigenvalue weighted by Crippen LogP contribution is -2.29. The van der Waals surface area contributed by atoms with Gasteiger partial charge in [0.2, 0.25) is 10.0 Å². The lowest BCUT2D eigenvalue weighted by molar-refractivity contribution is 0.539. The molecule has 160 valence electrons. The number of aromatic nitrogens is 4. The predicted octanol–water partition coefficient (Wildman–Crippen LogP) is 4.11. The highest BCUT2D eigenvalue weighted by Gasteiger charge is 2.23. The Hall–Kier alpha value is -1.94. The van der Waals surface area contributed by atoms with Gasteiger partial charge in [-0.1, -0.05) is 23.4 Å². The van der Waals surface area contributed by atoms with Gasteiger partial charge in [0.05, 0.1) is 10.9 Å². The standard InChI is InChI=1S/C20H24ClN5O2S2/c1-3-26-19(15(2)25-30(27,28)18-8-6-17(21)7-9-18)23-24-20(26)29-14-4-5-16-10-12-22-13-11-16/h6-13,15,25H,3-5,14H2,1-2H3/t15-/m1/s1. The number of sulfonamides is 1. The lowest BCUT2D eigenvalue weighted by Gasteiger charge is -2.15. The molecule has 7 nitrogen and oxygen atoms in total. The van der Waals surface area contributed by atoms with E-state index in [9.17, 15) is 8.42 Å². The molecule has 0 aliphatic heterocycles.